The molecule has 5 heteroatoms. The van der Waals surface area contributed by atoms with E-state index in [1.807, 2.05) is 0 Å². The molecule has 1 heterocycles. The summed E-state index contributed by atoms with van der Waals surface area (Å²) in [6.07, 6.45) is 4.03. The molecule has 1 unspecified atom stereocenters. The highest BCUT2D eigenvalue weighted by Gasteiger charge is 2.30. The summed E-state index contributed by atoms with van der Waals surface area (Å²) in [6.45, 7) is 1.63. The number of nitrogens with two attached hydrogens (primary N) is 1. The van der Waals surface area contributed by atoms with Gasteiger partial charge in [0, 0.05) is 12.1 Å². The van der Waals surface area contributed by atoms with Crippen molar-refractivity contribution in [2.75, 3.05) is 6.61 Å². The van der Waals surface area contributed by atoms with Gasteiger partial charge in [0.05, 0.1) is 22.3 Å². The first-order chi connectivity index (χ1) is 7.04. The van der Waals surface area contributed by atoms with E-state index in [2.05, 4.69) is 25.9 Å². The van der Waals surface area contributed by atoms with Gasteiger partial charge in [0.2, 0.25) is 0 Å². The number of hydrogen-bond donors (Lipinski definition) is 2. The Morgan fingerprint density at radius 1 is 1.67 bits per heavy atom. The molecule has 1 saturated carbocycles. The molecular formula is C10H14BrN3O. The van der Waals surface area contributed by atoms with Crippen molar-refractivity contribution in [2.45, 2.75) is 31.2 Å². The summed E-state index contributed by atoms with van der Waals surface area (Å²) in [7, 11) is 0. The molecule has 4 nitrogen and oxygen atoms in total. The number of nitrogens with zero attached hydrogens (tertiary/aromatic N) is 2. The molecular weight excluding hydrogens is 258 g/mol. The molecule has 0 aromatic carbocycles. The smallest absolute Gasteiger partial charge is 0.131 e. The Kier molecular flexibility index (Phi) is 2.79. The van der Waals surface area contributed by atoms with Crippen LogP contribution in [0.3, 0.4) is 0 Å². The average molecular weight is 272 g/mol. The SMILES string of the molecule is CC(N)(CO)c1nc(C2CC2)ncc1Br. The number of aliphatic hydroxyl groups excluding tert-OH is 1. The summed E-state index contributed by atoms with van der Waals surface area (Å²) in [5.74, 6) is 1.34. The van der Waals surface area contributed by atoms with Crippen LogP contribution in [0.25, 0.3) is 0 Å². The Morgan fingerprint density at radius 3 is 2.87 bits per heavy atom. The molecule has 2 rings (SSSR count). The normalized spacial score (nSPS) is 20.0. The standard InChI is InChI=1S/C10H14BrN3O/c1-10(12,5-15)8-7(11)4-13-9(14-8)6-2-3-6/h4,6,15H,2-3,5,12H2,1H3. The van der Waals surface area contributed by atoms with Gasteiger partial charge < -0.3 is 10.8 Å². The molecule has 1 aromatic heterocycles. The van der Waals surface area contributed by atoms with E-state index in [9.17, 15) is 5.11 Å². The minimum Gasteiger partial charge on any atom is -0.394 e. The molecule has 1 fully saturated rings. The van der Waals surface area contributed by atoms with Crippen molar-refractivity contribution < 1.29 is 5.11 Å². The maximum absolute atomic E-state index is 9.21. The highest BCUT2D eigenvalue weighted by atomic mass is 79.9. The molecule has 0 radical (unpaired) electrons. The summed E-state index contributed by atoms with van der Waals surface area (Å²) >= 11 is 3.36. The fourth-order valence-corrected chi connectivity index (χ4v) is 2.04. The van der Waals surface area contributed by atoms with E-state index in [0.29, 0.717) is 11.6 Å². The Balaban J connectivity index is 2.40. The van der Waals surface area contributed by atoms with E-state index in [0.717, 1.165) is 23.1 Å². The maximum Gasteiger partial charge on any atom is 0.131 e. The highest BCUT2D eigenvalue weighted by Crippen LogP contribution is 2.39. The number of rotatable bonds is 3. The van der Waals surface area contributed by atoms with E-state index in [1.54, 1.807) is 13.1 Å². The Bertz CT molecular complexity index is 377. The van der Waals surface area contributed by atoms with Crippen molar-refractivity contribution >= 4 is 15.9 Å². The second-order valence-corrected chi connectivity index (χ2v) is 5.13. The largest absolute Gasteiger partial charge is 0.394 e. The topological polar surface area (TPSA) is 72.0 Å². The second-order valence-electron chi connectivity index (χ2n) is 4.27. The Morgan fingerprint density at radius 2 is 2.33 bits per heavy atom. The van der Waals surface area contributed by atoms with Crippen LogP contribution in [0.4, 0.5) is 0 Å². The lowest BCUT2D eigenvalue weighted by Gasteiger charge is -2.22. The van der Waals surface area contributed by atoms with E-state index >= 15 is 0 Å². The van der Waals surface area contributed by atoms with Crippen LogP contribution in [-0.2, 0) is 5.54 Å². The van der Waals surface area contributed by atoms with E-state index in [4.69, 9.17) is 5.73 Å². The van der Waals surface area contributed by atoms with Crippen molar-refractivity contribution in [3.05, 3.63) is 22.2 Å². The van der Waals surface area contributed by atoms with Crippen molar-refractivity contribution in [1.29, 1.82) is 0 Å². The van der Waals surface area contributed by atoms with Crippen molar-refractivity contribution in [3.63, 3.8) is 0 Å². The van der Waals surface area contributed by atoms with Crippen LogP contribution < -0.4 is 5.73 Å². The quantitative estimate of drug-likeness (QED) is 0.869. The van der Waals surface area contributed by atoms with Crippen LogP contribution in [0.2, 0.25) is 0 Å². The molecule has 0 aliphatic heterocycles. The third-order valence-electron chi connectivity index (χ3n) is 2.57. The molecule has 3 N–H and O–H groups in total. The van der Waals surface area contributed by atoms with Gasteiger partial charge in [-0.2, -0.15) is 0 Å². The Labute approximate surface area is 97.1 Å². The lowest BCUT2D eigenvalue weighted by molar-refractivity contribution is 0.205. The molecule has 1 aliphatic rings. The number of halogens is 1. The van der Waals surface area contributed by atoms with Crippen molar-refractivity contribution in [2.24, 2.45) is 5.73 Å². The molecule has 1 aliphatic carbocycles. The van der Waals surface area contributed by atoms with Crippen molar-refractivity contribution in [1.82, 2.24) is 9.97 Å². The molecule has 1 atom stereocenters. The zero-order valence-corrected chi connectivity index (χ0v) is 10.2. The maximum atomic E-state index is 9.21. The molecule has 82 valence electrons. The fraction of sp³-hybridized carbons (Fsp3) is 0.600. The molecule has 0 bridgehead atoms. The number of aliphatic hydroxyl groups is 1. The minimum atomic E-state index is -0.814. The summed E-state index contributed by atoms with van der Waals surface area (Å²) in [5, 5.41) is 9.21. The van der Waals surface area contributed by atoms with Crippen LogP contribution in [0, 0.1) is 0 Å². The van der Waals surface area contributed by atoms with Gasteiger partial charge in [-0.15, -0.1) is 0 Å². The third-order valence-corrected chi connectivity index (χ3v) is 3.15. The van der Waals surface area contributed by atoms with Crippen LogP contribution in [0.1, 0.15) is 37.2 Å². The first-order valence-corrected chi connectivity index (χ1v) is 5.76. The van der Waals surface area contributed by atoms with Gasteiger partial charge in [-0.1, -0.05) is 0 Å². The van der Waals surface area contributed by atoms with Crippen molar-refractivity contribution in [3.8, 4) is 0 Å². The summed E-state index contributed by atoms with van der Waals surface area (Å²) in [5.41, 5.74) is 5.83. The predicted molar refractivity (Wildman–Crippen MR) is 60.3 cm³/mol. The summed E-state index contributed by atoms with van der Waals surface area (Å²) < 4.78 is 0.756. The second kappa shape index (κ2) is 3.81. The van der Waals surface area contributed by atoms with Gasteiger partial charge in [0.1, 0.15) is 5.82 Å². The minimum absolute atomic E-state index is 0.132. The first-order valence-electron chi connectivity index (χ1n) is 4.97. The van der Waals surface area contributed by atoms with Gasteiger partial charge in [-0.25, -0.2) is 9.97 Å². The zero-order valence-electron chi connectivity index (χ0n) is 8.57. The van der Waals surface area contributed by atoms with Gasteiger partial charge in [0.25, 0.3) is 0 Å². The number of aromatic nitrogens is 2. The average Bonchev–Trinajstić information content (AvgIpc) is 3.02. The van der Waals surface area contributed by atoms with Crippen LogP contribution in [0.5, 0.6) is 0 Å². The van der Waals surface area contributed by atoms with E-state index in [-0.39, 0.29) is 6.61 Å². The van der Waals surface area contributed by atoms with E-state index in [1.165, 1.54) is 0 Å². The van der Waals surface area contributed by atoms with Gasteiger partial charge in [-0.05, 0) is 35.7 Å². The van der Waals surface area contributed by atoms with E-state index < -0.39 is 5.54 Å². The van der Waals surface area contributed by atoms with Gasteiger partial charge in [0.15, 0.2) is 0 Å². The molecule has 15 heavy (non-hydrogen) atoms. The molecule has 1 aromatic rings. The number of hydrogen-bond acceptors (Lipinski definition) is 4. The highest BCUT2D eigenvalue weighted by molar-refractivity contribution is 9.10. The zero-order chi connectivity index (χ0) is 11.1. The molecule has 0 saturated heterocycles. The van der Waals surface area contributed by atoms with Crippen LogP contribution in [0.15, 0.2) is 10.7 Å². The summed E-state index contributed by atoms with van der Waals surface area (Å²) in [6, 6.07) is 0. The third kappa shape index (κ3) is 2.19. The molecule has 0 amide bonds. The molecule has 0 spiro atoms. The first kappa shape index (κ1) is 11.0. The fourth-order valence-electron chi connectivity index (χ4n) is 1.39. The van der Waals surface area contributed by atoms with Crippen LogP contribution >= 0.6 is 15.9 Å². The summed E-state index contributed by atoms with van der Waals surface area (Å²) in [4.78, 5) is 8.69. The predicted octanol–water partition coefficient (Wildman–Crippen LogP) is 1.28. The van der Waals surface area contributed by atoms with Crippen LogP contribution in [-0.4, -0.2) is 21.7 Å². The lowest BCUT2D eigenvalue weighted by atomic mass is 10.0. The van der Waals surface area contributed by atoms with Gasteiger partial charge in [-0.3, -0.25) is 0 Å². The lowest BCUT2D eigenvalue weighted by Crippen LogP contribution is -2.38. The van der Waals surface area contributed by atoms with Gasteiger partial charge >= 0.3 is 0 Å². The Hall–Kier alpha value is -0.520. The monoisotopic (exact) mass is 271 g/mol.